The number of aromatic hydroxyl groups is 1. The minimum atomic E-state index is -2.08. The number of hydrogen-bond acceptors (Lipinski definition) is 9. The largest absolute Gasteiger partial charge is 0.508 e. The lowest BCUT2D eigenvalue weighted by Gasteiger charge is -2.51. The highest BCUT2D eigenvalue weighted by atomic mass is 35.5. The molecule has 6 atom stereocenters. The Morgan fingerprint density at radius 2 is 1.65 bits per heavy atom. The zero-order valence-electron chi connectivity index (χ0n) is 23.1. The normalized spacial score (nSPS) is 31.4. The van der Waals surface area contributed by atoms with Gasteiger partial charge in [-0.15, -0.1) is 23.2 Å². The molecule has 224 valence electrons. The van der Waals surface area contributed by atoms with Crippen molar-refractivity contribution >= 4 is 58.2 Å². The Morgan fingerprint density at radius 1 is 1.00 bits per heavy atom. The third kappa shape index (κ3) is 3.69. The maximum atomic E-state index is 14.1. The van der Waals surface area contributed by atoms with E-state index in [4.69, 9.17) is 32.7 Å². The maximum absolute atomic E-state index is 14.1. The number of ether oxygens (including phenoxy) is 2. The lowest BCUT2D eigenvalue weighted by atomic mass is 9.56. The number of alkyl halides is 2. The highest BCUT2D eigenvalue weighted by Crippen LogP contribution is 2.67. The molecule has 1 N–H and O–H groups in total. The number of anilines is 1. The van der Waals surface area contributed by atoms with Gasteiger partial charge in [0.05, 0.1) is 36.7 Å². The second kappa shape index (κ2) is 9.68. The number of phenolic OH excluding ortho intramolecular Hbond substituents is 1. The molecule has 0 spiro atoms. The molecule has 2 aromatic carbocycles. The Balaban J connectivity index is 1.55. The predicted octanol–water partition coefficient (Wildman–Crippen LogP) is 3.51. The molecule has 1 saturated carbocycles. The molecule has 4 amide bonds. The molecule has 3 fully saturated rings. The van der Waals surface area contributed by atoms with Crippen molar-refractivity contribution in [3.05, 3.63) is 63.7 Å². The number of benzene rings is 2. The summed E-state index contributed by atoms with van der Waals surface area (Å²) >= 11 is 14.4. The number of nitro benzene ring substituents is 1. The van der Waals surface area contributed by atoms with Gasteiger partial charge in [-0.05, 0) is 24.8 Å². The number of hydrogen-bond donors (Lipinski definition) is 1. The summed E-state index contributed by atoms with van der Waals surface area (Å²) in [4.78, 5) is 63.7. The molecule has 14 heteroatoms. The van der Waals surface area contributed by atoms with Gasteiger partial charge in [0.15, 0.2) is 9.75 Å². The van der Waals surface area contributed by atoms with Gasteiger partial charge in [0.2, 0.25) is 11.8 Å². The number of rotatable bonds is 5. The number of likely N-dealkylation sites (tertiary alicyclic amines) is 1. The second-order valence-corrected chi connectivity index (χ2v) is 12.3. The molecule has 6 rings (SSSR count). The van der Waals surface area contributed by atoms with Crippen molar-refractivity contribution in [3.8, 4) is 17.2 Å². The SMILES string of the molecule is COc1cc(O)cc(OC)c1[C@H]1C2=CC[C@@H]3C(=O)N(c4cccc([N+](=O)[O-])c4)C(=O)[C@@H]3[C@@H]2C[C@@]2(Cl)C(=O)N(C)C(=O)[C@@]12Cl. The number of allylic oxidation sites excluding steroid dienone is 2. The van der Waals surface area contributed by atoms with E-state index in [1.807, 2.05) is 0 Å². The molecule has 0 radical (unpaired) electrons. The summed E-state index contributed by atoms with van der Waals surface area (Å²) in [6.07, 6.45) is 1.59. The number of carbonyl (C=O) groups is 4. The summed E-state index contributed by atoms with van der Waals surface area (Å²) in [6, 6.07) is 7.84. The molecule has 43 heavy (non-hydrogen) atoms. The van der Waals surface area contributed by atoms with Crippen LogP contribution in [0.3, 0.4) is 0 Å². The molecule has 0 bridgehead atoms. The van der Waals surface area contributed by atoms with Gasteiger partial charge < -0.3 is 14.6 Å². The standard InChI is InChI=1S/C29H25Cl2N3O9/c1-32-26(38)28(30)12-18-16(23(29(28,31)27(32)39)22-19(42-2)10-15(35)11-20(22)43-3)7-8-17-21(18)25(37)33(24(17)36)13-5-4-6-14(9-13)34(40)41/h4-7,9-11,17-18,21,23,35H,8,12H2,1-3H3/t17-,18+,21-,23+,28+,29-/m0/s1. The Morgan fingerprint density at radius 3 is 2.26 bits per heavy atom. The fourth-order valence-corrected chi connectivity index (χ4v) is 8.27. The van der Waals surface area contributed by atoms with Gasteiger partial charge in [0, 0.05) is 42.8 Å². The molecule has 2 aromatic rings. The quantitative estimate of drug-likeness (QED) is 0.172. The average molecular weight is 630 g/mol. The maximum Gasteiger partial charge on any atom is 0.271 e. The number of nitro groups is 1. The van der Waals surface area contributed by atoms with Crippen LogP contribution in [0.15, 0.2) is 48.0 Å². The molecule has 12 nitrogen and oxygen atoms in total. The zero-order chi connectivity index (χ0) is 31.2. The fraction of sp³-hybridized carbons (Fsp3) is 0.379. The van der Waals surface area contributed by atoms with Gasteiger partial charge in [0.1, 0.15) is 17.2 Å². The van der Waals surface area contributed by atoms with Crippen LogP contribution in [0.2, 0.25) is 0 Å². The smallest absolute Gasteiger partial charge is 0.271 e. The van der Waals surface area contributed by atoms with E-state index < -0.39 is 62.0 Å². The predicted molar refractivity (Wildman–Crippen MR) is 152 cm³/mol. The van der Waals surface area contributed by atoms with Crippen LogP contribution in [0.1, 0.15) is 24.3 Å². The number of imide groups is 2. The molecule has 2 aliphatic carbocycles. The first-order valence-electron chi connectivity index (χ1n) is 13.3. The van der Waals surface area contributed by atoms with E-state index in [0.717, 1.165) is 15.9 Å². The molecular weight excluding hydrogens is 605 g/mol. The summed E-state index contributed by atoms with van der Waals surface area (Å²) in [5, 5.41) is 21.7. The van der Waals surface area contributed by atoms with Crippen molar-refractivity contribution in [2.24, 2.45) is 17.8 Å². The van der Waals surface area contributed by atoms with Crippen LogP contribution in [0.4, 0.5) is 11.4 Å². The first-order chi connectivity index (χ1) is 20.3. The minimum absolute atomic E-state index is 0.0495. The number of fused-ring (bicyclic) bond motifs is 4. The molecule has 0 aromatic heterocycles. The van der Waals surface area contributed by atoms with E-state index in [1.165, 1.54) is 51.6 Å². The summed E-state index contributed by atoms with van der Waals surface area (Å²) in [7, 11) is 3.97. The lowest BCUT2D eigenvalue weighted by Crippen LogP contribution is -2.60. The highest BCUT2D eigenvalue weighted by Gasteiger charge is 2.76. The molecule has 4 aliphatic rings. The number of phenols is 1. The molecule has 2 saturated heterocycles. The molecular formula is C29H25Cl2N3O9. The molecule has 2 heterocycles. The van der Waals surface area contributed by atoms with E-state index in [2.05, 4.69) is 0 Å². The van der Waals surface area contributed by atoms with Crippen LogP contribution in [0, 0.1) is 27.9 Å². The highest BCUT2D eigenvalue weighted by molar-refractivity contribution is 6.53. The third-order valence-electron chi connectivity index (χ3n) is 9.13. The van der Waals surface area contributed by atoms with Gasteiger partial charge in [-0.2, -0.15) is 0 Å². The van der Waals surface area contributed by atoms with E-state index in [0.29, 0.717) is 5.57 Å². The van der Waals surface area contributed by atoms with Gasteiger partial charge in [-0.25, -0.2) is 4.90 Å². The van der Waals surface area contributed by atoms with Crippen molar-refractivity contribution in [3.63, 3.8) is 0 Å². The van der Waals surface area contributed by atoms with Gasteiger partial charge >= 0.3 is 0 Å². The zero-order valence-corrected chi connectivity index (χ0v) is 24.6. The summed E-state index contributed by atoms with van der Waals surface area (Å²) in [5.74, 6) is -6.52. The number of non-ortho nitro benzene ring substituents is 1. The van der Waals surface area contributed by atoms with Crippen LogP contribution in [-0.4, -0.2) is 69.6 Å². The number of methoxy groups -OCH3 is 2. The van der Waals surface area contributed by atoms with Gasteiger partial charge in [0.25, 0.3) is 17.5 Å². The van der Waals surface area contributed by atoms with E-state index in [1.54, 1.807) is 6.08 Å². The number of carbonyl (C=O) groups excluding carboxylic acids is 4. The van der Waals surface area contributed by atoms with Crippen molar-refractivity contribution < 1.29 is 38.7 Å². The van der Waals surface area contributed by atoms with Gasteiger partial charge in [-0.1, -0.05) is 17.7 Å². The van der Waals surface area contributed by atoms with Crippen molar-refractivity contribution in [2.75, 3.05) is 26.2 Å². The lowest BCUT2D eigenvalue weighted by molar-refractivity contribution is -0.384. The Bertz CT molecular complexity index is 1650. The van der Waals surface area contributed by atoms with Crippen molar-refractivity contribution in [2.45, 2.75) is 28.5 Å². The Labute approximate surface area is 254 Å². The van der Waals surface area contributed by atoms with Crippen LogP contribution in [0.25, 0.3) is 0 Å². The third-order valence-corrected chi connectivity index (χ3v) is 10.5. The summed E-state index contributed by atoms with van der Waals surface area (Å²) in [5.41, 5.74) is 0.489. The van der Waals surface area contributed by atoms with Crippen LogP contribution >= 0.6 is 23.2 Å². The van der Waals surface area contributed by atoms with E-state index in [9.17, 15) is 34.4 Å². The number of halogens is 2. The summed E-state index contributed by atoms with van der Waals surface area (Å²) < 4.78 is 11.2. The number of nitrogens with zero attached hydrogens (tertiary/aromatic N) is 3. The average Bonchev–Trinajstić information content (AvgIpc) is 3.31. The topological polar surface area (TPSA) is 157 Å². The fourth-order valence-electron chi connectivity index (χ4n) is 7.27. The molecule has 0 unspecified atom stereocenters. The first kappa shape index (κ1) is 28.9. The first-order valence-corrected chi connectivity index (χ1v) is 14.0. The number of amides is 4. The van der Waals surface area contributed by atoms with Gasteiger partial charge in [-0.3, -0.25) is 34.2 Å². The Kier molecular flexibility index (Phi) is 6.51. The Hall–Kier alpha value is -4.16. The second-order valence-electron chi connectivity index (χ2n) is 11.1. The van der Waals surface area contributed by atoms with Crippen LogP contribution < -0.4 is 14.4 Å². The molecule has 2 aliphatic heterocycles. The van der Waals surface area contributed by atoms with Crippen LogP contribution in [0.5, 0.6) is 17.2 Å². The van der Waals surface area contributed by atoms with Crippen molar-refractivity contribution in [1.29, 1.82) is 0 Å². The van der Waals surface area contributed by atoms with E-state index >= 15 is 0 Å². The monoisotopic (exact) mass is 629 g/mol. The minimum Gasteiger partial charge on any atom is -0.508 e. The van der Waals surface area contributed by atoms with E-state index in [-0.39, 0.29) is 47.0 Å². The van der Waals surface area contributed by atoms with Crippen LogP contribution in [-0.2, 0) is 19.2 Å². The van der Waals surface area contributed by atoms with Crippen molar-refractivity contribution in [1.82, 2.24) is 4.90 Å². The summed E-state index contributed by atoms with van der Waals surface area (Å²) in [6.45, 7) is 0.